The minimum Gasteiger partial charge on any atom is -0.383 e. The van der Waals surface area contributed by atoms with Crippen molar-refractivity contribution in [2.24, 2.45) is 0 Å². The third-order valence-corrected chi connectivity index (χ3v) is 4.93. The van der Waals surface area contributed by atoms with Crippen LogP contribution in [0.1, 0.15) is 27.9 Å². The highest BCUT2D eigenvalue weighted by Crippen LogP contribution is 2.36. The number of carbonyl (C=O) groups excluding carboxylic acids is 1. The Morgan fingerprint density at radius 3 is 2.71 bits per heavy atom. The minimum atomic E-state index is -0.952. The first-order valence-electron chi connectivity index (χ1n) is 6.94. The van der Waals surface area contributed by atoms with E-state index < -0.39 is 5.60 Å². The SMILES string of the molecule is O=C(NCC1(O)CCc2ccccc21)c1ccccc1I. The van der Waals surface area contributed by atoms with Crippen LogP contribution in [0.4, 0.5) is 0 Å². The number of rotatable bonds is 3. The lowest BCUT2D eigenvalue weighted by Gasteiger charge is -2.24. The van der Waals surface area contributed by atoms with Crippen LogP contribution in [0.5, 0.6) is 0 Å². The van der Waals surface area contributed by atoms with E-state index in [4.69, 9.17) is 0 Å². The lowest BCUT2D eigenvalue weighted by molar-refractivity contribution is 0.0369. The molecule has 3 nitrogen and oxygen atoms in total. The smallest absolute Gasteiger partial charge is 0.252 e. The molecule has 0 saturated heterocycles. The number of aliphatic hydroxyl groups is 1. The summed E-state index contributed by atoms with van der Waals surface area (Å²) in [4.78, 5) is 12.2. The number of fused-ring (bicyclic) bond motifs is 1. The summed E-state index contributed by atoms with van der Waals surface area (Å²) in [5.41, 5.74) is 1.80. The van der Waals surface area contributed by atoms with Gasteiger partial charge < -0.3 is 10.4 Å². The number of hydrogen-bond donors (Lipinski definition) is 2. The molecule has 0 saturated carbocycles. The highest BCUT2D eigenvalue weighted by Gasteiger charge is 2.36. The molecule has 0 bridgehead atoms. The number of halogens is 1. The van der Waals surface area contributed by atoms with Gasteiger partial charge in [-0.05, 0) is 58.7 Å². The second-order valence-corrected chi connectivity index (χ2v) is 6.51. The molecule has 0 aromatic heterocycles. The maximum Gasteiger partial charge on any atom is 0.252 e. The predicted molar refractivity (Wildman–Crippen MR) is 90.2 cm³/mol. The molecular weight excluding hydrogens is 377 g/mol. The van der Waals surface area contributed by atoms with Crippen molar-refractivity contribution in [3.63, 3.8) is 0 Å². The molecular formula is C17H16INO2. The Bertz CT molecular complexity index is 686. The van der Waals surface area contributed by atoms with Gasteiger partial charge in [-0.25, -0.2) is 0 Å². The topological polar surface area (TPSA) is 49.3 Å². The summed E-state index contributed by atoms with van der Waals surface area (Å²) in [6.07, 6.45) is 1.50. The molecule has 1 aliphatic rings. The monoisotopic (exact) mass is 393 g/mol. The number of benzene rings is 2. The molecule has 3 rings (SSSR count). The van der Waals surface area contributed by atoms with Crippen molar-refractivity contribution in [1.82, 2.24) is 5.32 Å². The first-order valence-corrected chi connectivity index (χ1v) is 8.01. The van der Waals surface area contributed by atoms with Gasteiger partial charge in [0.2, 0.25) is 0 Å². The van der Waals surface area contributed by atoms with E-state index >= 15 is 0 Å². The first-order chi connectivity index (χ1) is 10.1. The zero-order valence-corrected chi connectivity index (χ0v) is 13.6. The highest BCUT2D eigenvalue weighted by molar-refractivity contribution is 14.1. The maximum absolute atomic E-state index is 12.2. The molecule has 1 amide bonds. The second-order valence-electron chi connectivity index (χ2n) is 5.35. The fourth-order valence-electron chi connectivity index (χ4n) is 2.82. The van der Waals surface area contributed by atoms with E-state index in [0.29, 0.717) is 12.0 Å². The van der Waals surface area contributed by atoms with Crippen molar-refractivity contribution in [1.29, 1.82) is 0 Å². The quantitative estimate of drug-likeness (QED) is 0.789. The average Bonchev–Trinajstić information content (AvgIpc) is 2.84. The standard InChI is InChI=1S/C17H16INO2/c18-15-8-4-2-6-13(15)16(20)19-11-17(21)10-9-12-5-1-3-7-14(12)17/h1-8,21H,9-11H2,(H,19,20). The van der Waals surface area contributed by atoms with Crippen molar-refractivity contribution < 1.29 is 9.90 Å². The van der Waals surface area contributed by atoms with Crippen LogP contribution >= 0.6 is 22.6 Å². The van der Waals surface area contributed by atoms with E-state index in [1.54, 1.807) is 6.07 Å². The lowest BCUT2D eigenvalue weighted by atomic mass is 9.96. The molecule has 0 fully saturated rings. The number of carbonyl (C=O) groups is 1. The van der Waals surface area contributed by atoms with E-state index in [1.165, 1.54) is 5.56 Å². The zero-order valence-electron chi connectivity index (χ0n) is 11.5. The van der Waals surface area contributed by atoms with Gasteiger partial charge in [0.25, 0.3) is 5.91 Å². The van der Waals surface area contributed by atoms with Crippen LogP contribution in [0.3, 0.4) is 0 Å². The van der Waals surface area contributed by atoms with E-state index in [-0.39, 0.29) is 12.5 Å². The van der Waals surface area contributed by atoms with Gasteiger partial charge in [0.15, 0.2) is 0 Å². The normalized spacial score (nSPS) is 20.1. The van der Waals surface area contributed by atoms with E-state index in [2.05, 4.69) is 27.9 Å². The summed E-state index contributed by atoms with van der Waals surface area (Å²) in [7, 11) is 0. The van der Waals surface area contributed by atoms with Gasteiger partial charge >= 0.3 is 0 Å². The van der Waals surface area contributed by atoms with Crippen LogP contribution in [0.25, 0.3) is 0 Å². The van der Waals surface area contributed by atoms with Crippen molar-refractivity contribution in [2.75, 3.05) is 6.54 Å². The summed E-state index contributed by atoms with van der Waals surface area (Å²) in [6, 6.07) is 15.3. The van der Waals surface area contributed by atoms with Crippen LogP contribution in [0.2, 0.25) is 0 Å². The molecule has 2 N–H and O–H groups in total. The Kier molecular flexibility index (Phi) is 3.99. The molecule has 21 heavy (non-hydrogen) atoms. The maximum atomic E-state index is 12.2. The van der Waals surface area contributed by atoms with Crippen LogP contribution in [0.15, 0.2) is 48.5 Å². The highest BCUT2D eigenvalue weighted by atomic mass is 127. The Labute approximate surface area is 137 Å². The van der Waals surface area contributed by atoms with Crippen molar-refractivity contribution >= 4 is 28.5 Å². The fraction of sp³-hybridized carbons (Fsp3) is 0.235. The van der Waals surface area contributed by atoms with Gasteiger partial charge in [0, 0.05) is 3.57 Å². The van der Waals surface area contributed by atoms with E-state index in [9.17, 15) is 9.90 Å². The van der Waals surface area contributed by atoms with Gasteiger partial charge in [0.05, 0.1) is 12.1 Å². The summed E-state index contributed by atoms with van der Waals surface area (Å²) in [5.74, 6) is -0.141. The summed E-state index contributed by atoms with van der Waals surface area (Å²) in [6.45, 7) is 0.244. The fourth-order valence-corrected chi connectivity index (χ4v) is 3.45. The third kappa shape index (κ3) is 2.82. The Hall–Kier alpha value is -1.40. The van der Waals surface area contributed by atoms with Crippen molar-refractivity contribution in [3.05, 3.63) is 68.8 Å². The lowest BCUT2D eigenvalue weighted by Crippen LogP contribution is -2.39. The van der Waals surface area contributed by atoms with Crippen molar-refractivity contribution in [2.45, 2.75) is 18.4 Å². The molecule has 0 aliphatic heterocycles. The number of amides is 1. The van der Waals surface area contributed by atoms with Crippen LogP contribution in [0, 0.1) is 3.57 Å². The summed E-state index contributed by atoms with van der Waals surface area (Å²) >= 11 is 2.14. The molecule has 2 aromatic carbocycles. The molecule has 0 radical (unpaired) electrons. The van der Waals surface area contributed by atoms with Gasteiger partial charge in [-0.15, -0.1) is 0 Å². The zero-order chi connectivity index (χ0) is 14.9. The molecule has 2 aromatic rings. The molecule has 1 aliphatic carbocycles. The van der Waals surface area contributed by atoms with Gasteiger partial charge in [-0.1, -0.05) is 36.4 Å². The summed E-state index contributed by atoms with van der Waals surface area (Å²) < 4.78 is 0.909. The van der Waals surface area contributed by atoms with Gasteiger partial charge in [0.1, 0.15) is 5.60 Å². The molecule has 108 valence electrons. The Morgan fingerprint density at radius 2 is 1.90 bits per heavy atom. The summed E-state index contributed by atoms with van der Waals surface area (Å²) in [5, 5.41) is 13.7. The van der Waals surface area contributed by atoms with E-state index in [0.717, 1.165) is 15.6 Å². The number of hydrogen-bond acceptors (Lipinski definition) is 2. The molecule has 1 atom stereocenters. The first kappa shape index (κ1) is 14.5. The Balaban J connectivity index is 1.74. The number of nitrogens with one attached hydrogen (secondary N) is 1. The number of aryl methyl sites for hydroxylation is 1. The minimum absolute atomic E-state index is 0.141. The predicted octanol–water partition coefficient (Wildman–Crippen LogP) is 2.86. The molecule has 4 heteroatoms. The van der Waals surface area contributed by atoms with Gasteiger partial charge in [-0.2, -0.15) is 0 Å². The molecule has 1 unspecified atom stereocenters. The van der Waals surface area contributed by atoms with E-state index in [1.807, 2.05) is 42.5 Å². The van der Waals surface area contributed by atoms with Crippen LogP contribution < -0.4 is 5.32 Å². The van der Waals surface area contributed by atoms with Crippen LogP contribution in [-0.4, -0.2) is 17.6 Å². The largest absolute Gasteiger partial charge is 0.383 e. The third-order valence-electron chi connectivity index (χ3n) is 3.99. The molecule has 0 spiro atoms. The van der Waals surface area contributed by atoms with Crippen molar-refractivity contribution in [3.8, 4) is 0 Å². The Morgan fingerprint density at radius 1 is 1.19 bits per heavy atom. The van der Waals surface area contributed by atoms with Crippen LogP contribution in [-0.2, 0) is 12.0 Å². The second kappa shape index (κ2) is 5.77. The molecule has 0 heterocycles. The van der Waals surface area contributed by atoms with Gasteiger partial charge in [-0.3, -0.25) is 4.79 Å². The average molecular weight is 393 g/mol.